The Labute approximate surface area is 446 Å². The van der Waals surface area contributed by atoms with Crippen LogP contribution in [0, 0.1) is 0 Å². The van der Waals surface area contributed by atoms with E-state index in [1.807, 2.05) is 0 Å². The summed E-state index contributed by atoms with van der Waals surface area (Å²) in [5.74, 6) is 0. The van der Waals surface area contributed by atoms with E-state index in [-0.39, 0.29) is 0 Å². The SMILES string of the molecule is CO[C@H]1O[C@H](CO)[C@](O)([C@@H]2O[C@H](CO[C@@H]3O[C@H](CO[C@@H]4O[C@H](CO[C@@H]5O[C@H](CO[C@@H]6O[C@H](CO[C@@H]7O[C@H](CO)[C@@H](O)[C@H](O)[C@H]7O)[C@@H](O)[C@H](O)[C@H]6O)[C@@H](O)[C@H](O)[C@H]5O)[C@@H](O)[C@H](O)[C@H]4O)[C@@H](O)[C@H](O)[C@H]3O)[C@@H](O)[C@H](O)[C@H]2O)[C@H](O)[C@@H]1O. The van der Waals surface area contributed by atoms with E-state index in [2.05, 4.69) is 0 Å². The molecule has 0 aromatic heterocycles. The van der Waals surface area contributed by atoms with Gasteiger partial charge in [0, 0.05) is 7.11 Å². The lowest BCUT2D eigenvalue weighted by atomic mass is 9.75. The van der Waals surface area contributed by atoms with Crippen LogP contribution in [-0.2, 0) is 61.6 Å². The Hall–Kier alpha value is -1.44. The number of rotatable bonds is 19. The molecule has 0 aliphatic carbocycles. The minimum absolute atomic E-state index is 0.717. The van der Waals surface area contributed by atoms with E-state index in [4.69, 9.17) is 61.6 Å². The molecule has 36 nitrogen and oxygen atoms in total. The fourth-order valence-electron chi connectivity index (χ4n) is 10.1. The molecule has 23 N–H and O–H groups in total. The fourth-order valence-corrected chi connectivity index (χ4v) is 10.1. The summed E-state index contributed by atoms with van der Waals surface area (Å²) >= 11 is 0. The van der Waals surface area contributed by atoms with Crippen LogP contribution >= 0.6 is 0 Å². The highest BCUT2D eigenvalue weighted by molar-refractivity contribution is 5.12. The summed E-state index contributed by atoms with van der Waals surface area (Å²) in [6.07, 6.45) is -64.8. The first-order chi connectivity index (χ1) is 37.2. The van der Waals surface area contributed by atoms with Gasteiger partial charge in [-0.1, -0.05) is 0 Å². The third-order valence-electron chi connectivity index (χ3n) is 15.1. The summed E-state index contributed by atoms with van der Waals surface area (Å²) in [6, 6.07) is 0. The van der Waals surface area contributed by atoms with Gasteiger partial charge in [0.05, 0.1) is 46.2 Å². The molecule has 0 bridgehead atoms. The number of ether oxygens (including phenoxy) is 13. The first-order valence-corrected chi connectivity index (χ1v) is 25.0. The average Bonchev–Trinajstić information content (AvgIpc) is 3.60. The van der Waals surface area contributed by atoms with Crippen molar-refractivity contribution in [1.82, 2.24) is 0 Å². The Kier molecular flexibility index (Phi) is 22.5. The third-order valence-corrected chi connectivity index (χ3v) is 15.1. The minimum Gasteiger partial charge on any atom is -0.394 e. The minimum atomic E-state index is -2.89. The van der Waals surface area contributed by atoms with Crippen LogP contribution in [0.4, 0.5) is 0 Å². The van der Waals surface area contributed by atoms with Gasteiger partial charge >= 0.3 is 0 Å². The van der Waals surface area contributed by atoms with Gasteiger partial charge in [-0.2, -0.15) is 0 Å². The smallest absolute Gasteiger partial charge is 0.186 e. The maximum Gasteiger partial charge on any atom is 0.186 e. The van der Waals surface area contributed by atoms with Gasteiger partial charge in [0.25, 0.3) is 0 Å². The maximum atomic E-state index is 11.6. The summed E-state index contributed by atoms with van der Waals surface area (Å²) in [4.78, 5) is 0. The number of hydrogen-bond donors (Lipinski definition) is 23. The molecule has 7 saturated heterocycles. The Balaban J connectivity index is 0.925. The van der Waals surface area contributed by atoms with Crippen molar-refractivity contribution >= 4 is 0 Å². The van der Waals surface area contributed by atoms with E-state index in [0.717, 1.165) is 7.11 Å². The molecule has 7 fully saturated rings. The van der Waals surface area contributed by atoms with Crippen LogP contribution in [0.1, 0.15) is 0 Å². The molecule has 7 heterocycles. The van der Waals surface area contributed by atoms with Crippen molar-refractivity contribution in [3.63, 3.8) is 0 Å². The summed E-state index contributed by atoms with van der Waals surface area (Å²) in [7, 11) is 1.08. The summed E-state index contributed by atoms with van der Waals surface area (Å²) < 4.78 is 71.1. The van der Waals surface area contributed by atoms with E-state index in [9.17, 15) is 117 Å². The molecule has 462 valence electrons. The summed E-state index contributed by atoms with van der Waals surface area (Å²) in [5, 5.41) is 244. The molecule has 7 aliphatic rings. The van der Waals surface area contributed by atoms with E-state index in [0.29, 0.717) is 0 Å². The van der Waals surface area contributed by atoms with Crippen LogP contribution in [0.25, 0.3) is 0 Å². The van der Waals surface area contributed by atoms with Gasteiger partial charge in [-0.3, -0.25) is 0 Å². The fraction of sp³-hybridized carbons (Fsp3) is 1.00. The van der Waals surface area contributed by atoms with E-state index in [1.54, 1.807) is 0 Å². The lowest BCUT2D eigenvalue weighted by Crippen LogP contribution is -2.77. The van der Waals surface area contributed by atoms with Crippen molar-refractivity contribution in [1.29, 1.82) is 0 Å². The monoisotopic (exact) mass is 1170 g/mol. The highest BCUT2D eigenvalue weighted by Crippen LogP contribution is 2.40. The van der Waals surface area contributed by atoms with Gasteiger partial charge in [0.1, 0.15) is 171 Å². The van der Waals surface area contributed by atoms with Gasteiger partial charge < -0.3 is 179 Å². The topological polar surface area (TPSA) is 585 Å². The van der Waals surface area contributed by atoms with E-state index < -0.39 is 261 Å². The van der Waals surface area contributed by atoms with Crippen LogP contribution in [0.2, 0.25) is 0 Å². The molecule has 7 rings (SSSR count). The first kappa shape index (κ1) is 65.1. The van der Waals surface area contributed by atoms with Gasteiger partial charge in [0.2, 0.25) is 0 Å². The highest BCUT2D eigenvalue weighted by atomic mass is 16.8. The van der Waals surface area contributed by atoms with Crippen LogP contribution < -0.4 is 0 Å². The van der Waals surface area contributed by atoms with E-state index in [1.165, 1.54) is 0 Å². The quantitative estimate of drug-likeness (QED) is 0.0571. The summed E-state index contributed by atoms with van der Waals surface area (Å²) in [6.45, 7) is -6.00. The van der Waals surface area contributed by atoms with Gasteiger partial charge in [-0.15, -0.1) is 0 Å². The van der Waals surface area contributed by atoms with Crippen LogP contribution in [0.15, 0.2) is 0 Å². The molecule has 0 radical (unpaired) electrons. The third kappa shape index (κ3) is 13.2. The largest absolute Gasteiger partial charge is 0.394 e. The predicted octanol–water partition coefficient (Wildman–Crippen LogP) is -16.2. The Morgan fingerprint density at radius 2 is 0.557 bits per heavy atom. The molecule has 7 aliphatic heterocycles. The maximum absolute atomic E-state index is 11.6. The summed E-state index contributed by atoms with van der Waals surface area (Å²) in [5.41, 5.74) is -2.89. The second kappa shape index (κ2) is 27.3. The van der Waals surface area contributed by atoms with Gasteiger partial charge in [0.15, 0.2) is 43.3 Å². The van der Waals surface area contributed by atoms with Crippen molar-refractivity contribution in [3.05, 3.63) is 0 Å². The van der Waals surface area contributed by atoms with E-state index >= 15 is 0 Å². The molecule has 79 heavy (non-hydrogen) atoms. The molecule has 0 spiro atoms. The molecule has 0 unspecified atom stereocenters. The van der Waals surface area contributed by atoms with Crippen molar-refractivity contribution in [2.24, 2.45) is 0 Å². The molecule has 0 saturated carbocycles. The first-order valence-electron chi connectivity index (χ1n) is 25.0. The zero-order valence-corrected chi connectivity index (χ0v) is 41.7. The van der Waals surface area contributed by atoms with Crippen molar-refractivity contribution < 1.29 is 179 Å². The number of aliphatic hydroxyl groups excluding tert-OH is 22. The number of methoxy groups -OCH3 is 1. The van der Waals surface area contributed by atoms with Crippen molar-refractivity contribution in [2.45, 2.75) is 214 Å². The van der Waals surface area contributed by atoms with Crippen LogP contribution in [0.5, 0.6) is 0 Å². The second-order valence-electron chi connectivity index (χ2n) is 20.2. The van der Waals surface area contributed by atoms with Crippen molar-refractivity contribution in [2.75, 3.05) is 53.4 Å². The standard InChI is InChI=1S/C43H74O36/c1-67-37-34(64)35(65)43(66,15(3-45)79-37)36-28(58)22(52)17(47)10(73-36)4-68-39-30(60)24(54)19(49)12(75-39)6-70-41-32(62)26(56)21(51)14(77-41)8-72-42-33(63)27(57)20(50)13(78-42)7-71-40-31(61)25(55)18(48)11(76-40)5-69-38-29(59)23(53)16(46)9(2-44)74-38/h9-42,44-66H,2-8H2,1H3/t9-,10-,11-,12-,13-,14-,15-,16-,17-,18-,19-,20-,21-,22+,23+,24+,25+,26+,27+,28-,29-,30-,31-,32-,33-,34+,35-,36-,37+,38-,39-,40-,41-,42-,43-/m1/s1. The Morgan fingerprint density at radius 3 is 0.835 bits per heavy atom. The molecule has 0 aromatic carbocycles. The second-order valence-corrected chi connectivity index (χ2v) is 20.2. The highest BCUT2D eigenvalue weighted by Gasteiger charge is 2.64. The normalized spacial score (nSPS) is 53.9. The molecule has 35 atom stereocenters. The molecular formula is C43H74O36. The lowest BCUT2D eigenvalue weighted by Gasteiger charge is -2.54. The number of aliphatic hydroxyl groups is 23. The van der Waals surface area contributed by atoms with Crippen LogP contribution in [-0.4, -0.2) is 385 Å². The zero-order valence-electron chi connectivity index (χ0n) is 41.7. The van der Waals surface area contributed by atoms with Crippen LogP contribution in [0.3, 0.4) is 0 Å². The Morgan fingerprint density at radius 1 is 0.291 bits per heavy atom. The Bertz CT molecular complexity index is 1860. The van der Waals surface area contributed by atoms with Crippen molar-refractivity contribution in [3.8, 4) is 0 Å². The predicted molar refractivity (Wildman–Crippen MR) is 237 cm³/mol. The van der Waals surface area contributed by atoms with Gasteiger partial charge in [-0.25, -0.2) is 0 Å². The molecule has 36 heteroatoms. The lowest BCUT2D eigenvalue weighted by molar-refractivity contribution is -0.374. The molecule has 0 aromatic rings. The molecule has 0 amide bonds. The molecular weight excluding hydrogens is 1090 g/mol. The average molecular weight is 1170 g/mol. The van der Waals surface area contributed by atoms with Gasteiger partial charge in [-0.05, 0) is 0 Å². The number of hydrogen-bond acceptors (Lipinski definition) is 36. The zero-order chi connectivity index (χ0) is 58.3.